The Balaban J connectivity index is 2.45. The molecule has 1 heterocycles. The molecule has 1 aromatic heterocycles. The molecule has 2 rings (SSSR count). The summed E-state index contributed by atoms with van der Waals surface area (Å²) in [6.07, 6.45) is 2.09. The first-order valence-electron chi connectivity index (χ1n) is 5.96. The molecule has 0 aliphatic heterocycles. The van der Waals surface area contributed by atoms with Gasteiger partial charge >= 0.3 is 0 Å². The predicted octanol–water partition coefficient (Wildman–Crippen LogP) is 2.94. The van der Waals surface area contributed by atoms with Gasteiger partial charge in [0.15, 0.2) is 5.82 Å². The van der Waals surface area contributed by atoms with Gasteiger partial charge in [-0.25, -0.2) is 4.68 Å². The fourth-order valence-electron chi connectivity index (χ4n) is 1.92. The molecule has 0 saturated carbocycles. The molecule has 1 aromatic carbocycles. The molecule has 0 fully saturated rings. The van der Waals surface area contributed by atoms with Crippen LogP contribution in [0.4, 0.5) is 5.69 Å². The maximum Gasteiger partial charge on any atom is 0.183 e. The van der Waals surface area contributed by atoms with Gasteiger partial charge < -0.3 is 5.73 Å². The highest BCUT2D eigenvalue weighted by Gasteiger charge is 2.16. The lowest BCUT2D eigenvalue weighted by atomic mass is 10.1. The number of anilines is 1. The minimum absolute atomic E-state index is 0.234. The Morgan fingerprint density at radius 1 is 1.44 bits per heavy atom. The van der Waals surface area contributed by atoms with Crippen molar-refractivity contribution >= 4 is 17.3 Å². The van der Waals surface area contributed by atoms with Gasteiger partial charge in [0.05, 0.1) is 11.1 Å². The van der Waals surface area contributed by atoms with Crippen LogP contribution in [0.3, 0.4) is 0 Å². The third kappa shape index (κ3) is 2.46. The molecule has 0 aliphatic rings. The van der Waals surface area contributed by atoms with Crippen molar-refractivity contribution in [3.05, 3.63) is 23.2 Å². The topological polar surface area (TPSA) is 69.6 Å². The molecular formula is C12H16ClN5. The maximum atomic E-state index is 6.18. The first-order valence-corrected chi connectivity index (χ1v) is 6.34. The first-order chi connectivity index (χ1) is 8.63. The molecule has 1 atom stereocenters. The summed E-state index contributed by atoms with van der Waals surface area (Å²) in [5.74, 6) is 0.660. The molecular weight excluding hydrogens is 250 g/mol. The Morgan fingerprint density at radius 3 is 2.94 bits per heavy atom. The SMILES string of the molecule is CCCC(C)n1nnnc1-c1cc(N)ccc1Cl. The lowest BCUT2D eigenvalue weighted by Crippen LogP contribution is -2.09. The average Bonchev–Trinajstić information content (AvgIpc) is 2.81. The molecule has 2 aromatic rings. The van der Waals surface area contributed by atoms with Gasteiger partial charge in [-0.1, -0.05) is 24.9 Å². The summed E-state index contributed by atoms with van der Waals surface area (Å²) in [6, 6.07) is 5.55. The number of nitrogens with zero attached hydrogens (tertiary/aromatic N) is 4. The third-order valence-electron chi connectivity index (χ3n) is 2.85. The number of aromatic nitrogens is 4. The van der Waals surface area contributed by atoms with E-state index in [9.17, 15) is 0 Å². The smallest absolute Gasteiger partial charge is 0.183 e. The van der Waals surface area contributed by atoms with Crippen molar-refractivity contribution in [2.24, 2.45) is 0 Å². The highest BCUT2D eigenvalue weighted by Crippen LogP contribution is 2.29. The van der Waals surface area contributed by atoms with E-state index in [2.05, 4.69) is 29.4 Å². The zero-order chi connectivity index (χ0) is 13.1. The molecule has 5 nitrogen and oxygen atoms in total. The monoisotopic (exact) mass is 265 g/mol. The van der Waals surface area contributed by atoms with E-state index in [0.29, 0.717) is 16.5 Å². The van der Waals surface area contributed by atoms with Crippen molar-refractivity contribution < 1.29 is 0 Å². The summed E-state index contributed by atoms with van der Waals surface area (Å²) in [6.45, 7) is 4.22. The summed E-state index contributed by atoms with van der Waals surface area (Å²) in [7, 11) is 0. The van der Waals surface area contributed by atoms with Gasteiger partial charge in [-0.15, -0.1) is 5.10 Å². The van der Waals surface area contributed by atoms with Gasteiger partial charge in [-0.05, 0) is 42.0 Å². The van der Waals surface area contributed by atoms with Crippen LogP contribution in [-0.4, -0.2) is 20.2 Å². The molecule has 0 aliphatic carbocycles. The molecule has 0 saturated heterocycles. The van der Waals surface area contributed by atoms with Crippen LogP contribution < -0.4 is 5.73 Å². The predicted molar refractivity (Wildman–Crippen MR) is 72.3 cm³/mol. The van der Waals surface area contributed by atoms with Crippen molar-refractivity contribution in [1.29, 1.82) is 0 Å². The Morgan fingerprint density at radius 2 is 2.22 bits per heavy atom. The first kappa shape index (κ1) is 12.8. The molecule has 0 spiro atoms. The minimum Gasteiger partial charge on any atom is -0.399 e. The number of halogens is 1. The lowest BCUT2D eigenvalue weighted by Gasteiger charge is -2.13. The van der Waals surface area contributed by atoms with Crippen LogP contribution in [0.1, 0.15) is 32.7 Å². The van der Waals surface area contributed by atoms with E-state index in [1.54, 1.807) is 22.9 Å². The van der Waals surface area contributed by atoms with Crippen LogP contribution in [0, 0.1) is 0 Å². The zero-order valence-corrected chi connectivity index (χ0v) is 11.2. The van der Waals surface area contributed by atoms with E-state index in [4.69, 9.17) is 17.3 Å². The molecule has 0 amide bonds. The number of benzene rings is 1. The fraction of sp³-hybridized carbons (Fsp3) is 0.417. The number of tetrazole rings is 1. The van der Waals surface area contributed by atoms with Crippen molar-refractivity contribution in [2.75, 3.05) is 5.73 Å². The number of hydrogen-bond acceptors (Lipinski definition) is 4. The van der Waals surface area contributed by atoms with E-state index < -0.39 is 0 Å². The highest BCUT2D eigenvalue weighted by molar-refractivity contribution is 6.33. The normalized spacial score (nSPS) is 12.6. The fourth-order valence-corrected chi connectivity index (χ4v) is 2.12. The standard InChI is InChI=1S/C12H16ClN5/c1-3-4-8(2)18-12(15-16-17-18)10-7-9(14)5-6-11(10)13/h5-8H,3-4,14H2,1-2H3. The van der Waals surface area contributed by atoms with Crippen LogP contribution in [0.5, 0.6) is 0 Å². The zero-order valence-electron chi connectivity index (χ0n) is 10.5. The molecule has 96 valence electrons. The molecule has 1 unspecified atom stereocenters. The number of nitrogen functional groups attached to an aromatic ring is 1. The Labute approximate surface area is 111 Å². The van der Waals surface area contributed by atoms with E-state index in [0.717, 1.165) is 18.4 Å². The Kier molecular flexibility index (Phi) is 3.81. The summed E-state index contributed by atoms with van der Waals surface area (Å²) in [5, 5.41) is 12.4. The molecule has 0 bridgehead atoms. The number of hydrogen-bond donors (Lipinski definition) is 1. The van der Waals surface area contributed by atoms with Crippen molar-refractivity contribution in [1.82, 2.24) is 20.2 Å². The van der Waals surface area contributed by atoms with Gasteiger partial charge in [0.1, 0.15) is 0 Å². The minimum atomic E-state index is 0.234. The molecule has 18 heavy (non-hydrogen) atoms. The van der Waals surface area contributed by atoms with E-state index in [-0.39, 0.29) is 6.04 Å². The maximum absolute atomic E-state index is 6.18. The van der Waals surface area contributed by atoms with E-state index >= 15 is 0 Å². The Hall–Kier alpha value is -1.62. The molecule has 2 N–H and O–H groups in total. The second-order valence-electron chi connectivity index (χ2n) is 4.32. The largest absolute Gasteiger partial charge is 0.399 e. The van der Waals surface area contributed by atoms with E-state index in [1.807, 2.05) is 0 Å². The van der Waals surface area contributed by atoms with Crippen molar-refractivity contribution in [3.8, 4) is 11.4 Å². The summed E-state index contributed by atoms with van der Waals surface area (Å²) in [5.41, 5.74) is 7.20. The van der Waals surface area contributed by atoms with Crippen LogP contribution in [0.15, 0.2) is 18.2 Å². The Bertz CT molecular complexity index is 537. The molecule has 0 radical (unpaired) electrons. The van der Waals surface area contributed by atoms with Crippen molar-refractivity contribution in [3.63, 3.8) is 0 Å². The molecule has 6 heteroatoms. The van der Waals surface area contributed by atoms with E-state index in [1.165, 1.54) is 0 Å². The third-order valence-corrected chi connectivity index (χ3v) is 3.18. The number of nitrogens with two attached hydrogens (primary N) is 1. The quantitative estimate of drug-likeness (QED) is 0.863. The van der Waals surface area contributed by atoms with Gasteiger partial charge in [0.2, 0.25) is 0 Å². The highest BCUT2D eigenvalue weighted by atomic mass is 35.5. The average molecular weight is 266 g/mol. The van der Waals surface area contributed by atoms with Gasteiger partial charge in [0, 0.05) is 11.3 Å². The van der Waals surface area contributed by atoms with Crippen molar-refractivity contribution in [2.45, 2.75) is 32.7 Å². The van der Waals surface area contributed by atoms with Crippen LogP contribution in [-0.2, 0) is 0 Å². The van der Waals surface area contributed by atoms with Crippen LogP contribution in [0.25, 0.3) is 11.4 Å². The summed E-state index contributed by atoms with van der Waals surface area (Å²) >= 11 is 6.18. The second kappa shape index (κ2) is 5.35. The van der Waals surface area contributed by atoms with Crippen LogP contribution >= 0.6 is 11.6 Å². The van der Waals surface area contributed by atoms with Gasteiger partial charge in [0.25, 0.3) is 0 Å². The second-order valence-corrected chi connectivity index (χ2v) is 4.73. The number of rotatable bonds is 4. The van der Waals surface area contributed by atoms with Crippen LogP contribution in [0.2, 0.25) is 5.02 Å². The summed E-state index contributed by atoms with van der Waals surface area (Å²) < 4.78 is 1.80. The summed E-state index contributed by atoms with van der Waals surface area (Å²) in [4.78, 5) is 0. The lowest BCUT2D eigenvalue weighted by molar-refractivity contribution is 0.447. The van der Waals surface area contributed by atoms with Gasteiger partial charge in [-0.3, -0.25) is 0 Å². The van der Waals surface area contributed by atoms with Gasteiger partial charge in [-0.2, -0.15) is 0 Å².